The molecule has 3 rings (SSSR count). The third kappa shape index (κ3) is 2.98. The molecule has 7 heteroatoms. The molecule has 1 atom stereocenters. The molecule has 21 heavy (non-hydrogen) atoms. The molecular formula is C14H10BrFN2O2S. The summed E-state index contributed by atoms with van der Waals surface area (Å²) in [7, 11) is -1.56. The van der Waals surface area contributed by atoms with Gasteiger partial charge in [0.05, 0.1) is 5.75 Å². The number of anilines is 1. The highest BCUT2D eigenvalue weighted by Crippen LogP contribution is 2.23. The Hall–Kier alpha value is -1.73. The molecule has 0 aliphatic heterocycles. The molecule has 0 fully saturated rings. The first kappa shape index (κ1) is 14.2. The second kappa shape index (κ2) is 5.57. The van der Waals surface area contributed by atoms with E-state index in [0.717, 1.165) is 0 Å². The number of rotatable bonds is 3. The standard InChI is InChI=1S/C14H10BrFN2O2S/c15-9-2-1-8(11(16)5-9)7-21(19)14-18-12-4-3-10(17)6-13(12)20-14/h1-6H,7,17H2. The third-order valence-electron chi connectivity index (χ3n) is 2.89. The SMILES string of the molecule is Nc1ccc2nc(S(=O)Cc3ccc(Br)cc3F)oc2c1. The van der Waals surface area contributed by atoms with Gasteiger partial charge < -0.3 is 10.2 Å². The Bertz CT molecular complexity index is 850. The van der Waals surface area contributed by atoms with Crippen molar-refractivity contribution < 1.29 is 13.0 Å². The van der Waals surface area contributed by atoms with Crippen molar-refractivity contribution in [3.05, 3.63) is 52.3 Å². The van der Waals surface area contributed by atoms with Gasteiger partial charge in [0, 0.05) is 21.8 Å². The maximum atomic E-state index is 13.8. The van der Waals surface area contributed by atoms with Crippen LogP contribution >= 0.6 is 15.9 Å². The van der Waals surface area contributed by atoms with Crippen molar-refractivity contribution >= 4 is 43.5 Å². The van der Waals surface area contributed by atoms with Crippen LogP contribution in [0, 0.1) is 5.82 Å². The molecule has 1 unspecified atom stereocenters. The zero-order valence-electron chi connectivity index (χ0n) is 10.7. The highest BCUT2D eigenvalue weighted by molar-refractivity contribution is 9.10. The minimum Gasteiger partial charge on any atom is -0.430 e. The summed E-state index contributed by atoms with van der Waals surface area (Å²) < 4.78 is 32.1. The van der Waals surface area contributed by atoms with Gasteiger partial charge in [-0.15, -0.1) is 0 Å². The predicted molar refractivity (Wildman–Crippen MR) is 82.6 cm³/mol. The fourth-order valence-corrected chi connectivity index (χ4v) is 3.22. The number of hydrogen-bond donors (Lipinski definition) is 1. The van der Waals surface area contributed by atoms with Crippen LogP contribution in [0.1, 0.15) is 5.56 Å². The first-order valence-corrected chi connectivity index (χ1v) is 8.12. The summed E-state index contributed by atoms with van der Waals surface area (Å²) in [5, 5.41) is 0.0675. The summed E-state index contributed by atoms with van der Waals surface area (Å²) in [5.41, 5.74) is 7.57. The Morgan fingerprint density at radius 2 is 2.10 bits per heavy atom. The highest BCUT2D eigenvalue weighted by Gasteiger charge is 2.15. The van der Waals surface area contributed by atoms with Gasteiger partial charge in [0.2, 0.25) is 0 Å². The van der Waals surface area contributed by atoms with E-state index in [9.17, 15) is 8.60 Å². The van der Waals surface area contributed by atoms with Crippen LogP contribution in [0.15, 0.2) is 50.5 Å². The molecule has 0 radical (unpaired) electrons. The Kier molecular flexibility index (Phi) is 3.77. The van der Waals surface area contributed by atoms with E-state index in [1.807, 2.05) is 0 Å². The second-order valence-electron chi connectivity index (χ2n) is 4.43. The van der Waals surface area contributed by atoms with E-state index in [0.29, 0.717) is 26.8 Å². The third-order valence-corrected chi connectivity index (χ3v) is 4.52. The maximum Gasteiger partial charge on any atom is 0.288 e. The lowest BCUT2D eigenvalue weighted by Crippen LogP contribution is -1.99. The van der Waals surface area contributed by atoms with Gasteiger partial charge in [0.15, 0.2) is 5.58 Å². The van der Waals surface area contributed by atoms with Gasteiger partial charge in [-0.1, -0.05) is 22.0 Å². The number of benzene rings is 2. The minimum atomic E-state index is -1.56. The van der Waals surface area contributed by atoms with Crippen molar-refractivity contribution in [1.82, 2.24) is 4.98 Å². The van der Waals surface area contributed by atoms with Crippen LogP contribution in [-0.4, -0.2) is 9.19 Å². The molecule has 0 saturated heterocycles. The Morgan fingerprint density at radius 1 is 1.29 bits per heavy atom. The molecule has 0 spiro atoms. The fourth-order valence-electron chi connectivity index (χ4n) is 1.86. The van der Waals surface area contributed by atoms with E-state index >= 15 is 0 Å². The number of halogens is 2. The van der Waals surface area contributed by atoms with Gasteiger partial charge in [0.25, 0.3) is 5.22 Å². The van der Waals surface area contributed by atoms with E-state index < -0.39 is 16.6 Å². The van der Waals surface area contributed by atoms with Gasteiger partial charge in [-0.3, -0.25) is 0 Å². The molecule has 0 aliphatic carbocycles. The monoisotopic (exact) mass is 368 g/mol. The summed E-state index contributed by atoms with van der Waals surface area (Å²) in [6.45, 7) is 0. The Labute approximate surface area is 130 Å². The molecule has 0 bridgehead atoms. The first-order valence-electron chi connectivity index (χ1n) is 6.01. The summed E-state index contributed by atoms with van der Waals surface area (Å²) >= 11 is 3.18. The van der Waals surface area contributed by atoms with Crippen LogP contribution < -0.4 is 5.73 Å². The topological polar surface area (TPSA) is 69.1 Å². The van der Waals surface area contributed by atoms with Gasteiger partial charge in [0.1, 0.15) is 22.1 Å². The first-order chi connectivity index (χ1) is 10.0. The molecule has 2 aromatic carbocycles. The molecule has 1 aromatic heterocycles. The molecular weight excluding hydrogens is 359 g/mol. The van der Waals surface area contributed by atoms with Crippen LogP contribution in [0.5, 0.6) is 0 Å². The zero-order valence-corrected chi connectivity index (χ0v) is 13.1. The zero-order chi connectivity index (χ0) is 15.0. The van der Waals surface area contributed by atoms with Crippen molar-refractivity contribution in [3.8, 4) is 0 Å². The summed E-state index contributed by atoms with van der Waals surface area (Å²) in [6.07, 6.45) is 0. The molecule has 2 N–H and O–H groups in total. The number of hydrogen-bond acceptors (Lipinski definition) is 4. The van der Waals surface area contributed by atoms with Gasteiger partial charge >= 0.3 is 0 Å². The van der Waals surface area contributed by atoms with E-state index in [1.165, 1.54) is 6.07 Å². The van der Waals surface area contributed by atoms with Crippen molar-refractivity contribution in [2.24, 2.45) is 0 Å². The second-order valence-corrected chi connectivity index (χ2v) is 6.68. The number of nitrogen functional groups attached to an aromatic ring is 1. The van der Waals surface area contributed by atoms with Crippen LogP contribution in [0.3, 0.4) is 0 Å². The maximum absolute atomic E-state index is 13.8. The molecule has 108 valence electrons. The average Bonchev–Trinajstić information content (AvgIpc) is 2.85. The summed E-state index contributed by atoms with van der Waals surface area (Å²) in [5.74, 6) is -0.417. The van der Waals surface area contributed by atoms with E-state index in [1.54, 1.807) is 30.3 Å². The molecule has 3 aromatic rings. The van der Waals surface area contributed by atoms with Gasteiger partial charge in [-0.05, 0) is 24.3 Å². The number of nitrogens with two attached hydrogens (primary N) is 1. The molecule has 0 amide bonds. The Balaban J connectivity index is 1.89. The van der Waals surface area contributed by atoms with Crippen LogP contribution in [-0.2, 0) is 16.6 Å². The molecule has 0 saturated carbocycles. The average molecular weight is 369 g/mol. The minimum absolute atomic E-state index is 0.00141. The fraction of sp³-hybridized carbons (Fsp3) is 0.0714. The highest BCUT2D eigenvalue weighted by atomic mass is 79.9. The van der Waals surface area contributed by atoms with E-state index in [-0.39, 0.29) is 11.0 Å². The molecule has 4 nitrogen and oxygen atoms in total. The molecule has 1 heterocycles. The van der Waals surface area contributed by atoms with Gasteiger partial charge in [-0.2, -0.15) is 0 Å². The predicted octanol–water partition coefficient (Wildman–Crippen LogP) is 3.62. The lowest BCUT2D eigenvalue weighted by molar-refractivity contribution is 0.477. The number of oxazole rings is 1. The van der Waals surface area contributed by atoms with E-state index in [2.05, 4.69) is 20.9 Å². The van der Waals surface area contributed by atoms with Crippen molar-refractivity contribution in [3.63, 3.8) is 0 Å². The van der Waals surface area contributed by atoms with Crippen molar-refractivity contribution in [2.45, 2.75) is 11.0 Å². The number of fused-ring (bicyclic) bond motifs is 1. The van der Waals surface area contributed by atoms with Crippen LogP contribution in [0.4, 0.5) is 10.1 Å². The summed E-state index contributed by atoms with van der Waals surface area (Å²) in [4.78, 5) is 4.14. The van der Waals surface area contributed by atoms with Crippen molar-refractivity contribution in [2.75, 3.05) is 5.73 Å². The summed E-state index contributed by atoms with van der Waals surface area (Å²) in [6, 6.07) is 9.60. The lowest BCUT2D eigenvalue weighted by Gasteiger charge is -2.01. The van der Waals surface area contributed by atoms with E-state index in [4.69, 9.17) is 10.2 Å². The quantitative estimate of drug-likeness (QED) is 0.716. The van der Waals surface area contributed by atoms with Crippen LogP contribution in [0.2, 0.25) is 0 Å². The number of nitrogens with zero attached hydrogens (tertiary/aromatic N) is 1. The smallest absolute Gasteiger partial charge is 0.288 e. The van der Waals surface area contributed by atoms with Gasteiger partial charge in [-0.25, -0.2) is 13.6 Å². The number of aromatic nitrogens is 1. The lowest BCUT2D eigenvalue weighted by atomic mass is 10.2. The largest absolute Gasteiger partial charge is 0.430 e. The van der Waals surface area contributed by atoms with Crippen molar-refractivity contribution in [1.29, 1.82) is 0 Å². The normalized spacial score (nSPS) is 12.7. The molecule has 0 aliphatic rings. The van der Waals surface area contributed by atoms with Crippen LogP contribution in [0.25, 0.3) is 11.1 Å². The Morgan fingerprint density at radius 3 is 2.86 bits per heavy atom.